The van der Waals surface area contributed by atoms with Crippen LogP contribution in [-0.2, 0) is 13.5 Å². The van der Waals surface area contributed by atoms with Crippen LogP contribution in [0.15, 0.2) is 47.3 Å². The van der Waals surface area contributed by atoms with Gasteiger partial charge < -0.3 is 15.0 Å². The highest BCUT2D eigenvalue weighted by Crippen LogP contribution is 2.17. The fraction of sp³-hybridized carbons (Fsp3) is 0.318. The van der Waals surface area contributed by atoms with Crippen LogP contribution < -0.4 is 5.69 Å². The lowest BCUT2D eigenvalue weighted by atomic mass is 10.0. The molecule has 3 rings (SSSR count). The highest BCUT2D eigenvalue weighted by atomic mass is 35.5. The SMILES string of the molecule is Cn1c(=O)[nH]c2ccc(C(=O)CCCCN(CCc3ccccc3Cl)C(=O)O)cc21. The number of benzene rings is 2. The molecular weight excluding hydrogens is 406 g/mol. The quantitative estimate of drug-likeness (QED) is 0.395. The van der Waals surface area contributed by atoms with Crippen molar-refractivity contribution >= 4 is 34.5 Å². The normalized spacial score (nSPS) is 11.0. The van der Waals surface area contributed by atoms with E-state index in [1.54, 1.807) is 31.3 Å². The Balaban J connectivity index is 1.50. The van der Waals surface area contributed by atoms with E-state index in [2.05, 4.69) is 4.98 Å². The maximum Gasteiger partial charge on any atom is 0.407 e. The first-order valence-corrected chi connectivity index (χ1v) is 10.2. The largest absolute Gasteiger partial charge is 0.465 e. The Hall–Kier alpha value is -3.06. The summed E-state index contributed by atoms with van der Waals surface area (Å²) in [6.45, 7) is 0.712. The van der Waals surface area contributed by atoms with Crippen LogP contribution >= 0.6 is 11.6 Å². The number of ketones is 1. The third kappa shape index (κ3) is 5.10. The summed E-state index contributed by atoms with van der Waals surface area (Å²) in [4.78, 5) is 39.8. The molecule has 2 N–H and O–H groups in total. The highest BCUT2D eigenvalue weighted by Gasteiger charge is 2.14. The number of aromatic amines is 1. The van der Waals surface area contributed by atoms with Crippen LogP contribution in [0.1, 0.15) is 35.2 Å². The first-order chi connectivity index (χ1) is 14.4. The predicted molar refractivity (Wildman–Crippen MR) is 116 cm³/mol. The van der Waals surface area contributed by atoms with E-state index in [1.165, 1.54) is 9.47 Å². The third-order valence-electron chi connectivity index (χ3n) is 5.19. The van der Waals surface area contributed by atoms with Crippen molar-refractivity contribution in [3.8, 4) is 0 Å². The van der Waals surface area contributed by atoms with E-state index in [-0.39, 0.29) is 11.5 Å². The summed E-state index contributed by atoms with van der Waals surface area (Å²) in [6, 6.07) is 12.5. The van der Waals surface area contributed by atoms with Crippen molar-refractivity contribution in [1.29, 1.82) is 0 Å². The number of fused-ring (bicyclic) bond motifs is 1. The van der Waals surface area contributed by atoms with Crippen LogP contribution in [0.2, 0.25) is 5.02 Å². The molecule has 0 aliphatic rings. The maximum atomic E-state index is 12.5. The smallest absolute Gasteiger partial charge is 0.407 e. The molecule has 1 aromatic heterocycles. The van der Waals surface area contributed by atoms with Crippen molar-refractivity contribution in [2.24, 2.45) is 7.05 Å². The first-order valence-electron chi connectivity index (χ1n) is 9.80. The standard InChI is InChI=1S/C22H24ClN3O4/c1-25-19-14-16(9-10-18(19)24-21(25)28)20(27)8-4-5-12-26(22(29)30)13-11-15-6-2-3-7-17(15)23/h2-3,6-7,9-10,14H,4-5,8,11-13H2,1H3,(H,24,28)(H,29,30). The molecule has 1 amide bonds. The Labute approximate surface area is 178 Å². The number of H-pyrrole nitrogens is 1. The van der Waals surface area contributed by atoms with Crippen molar-refractivity contribution in [2.75, 3.05) is 13.1 Å². The van der Waals surface area contributed by atoms with Gasteiger partial charge in [0.05, 0.1) is 11.0 Å². The number of nitrogens with zero attached hydrogens (tertiary/aromatic N) is 2. The zero-order chi connectivity index (χ0) is 21.7. The number of halogens is 1. The average molecular weight is 430 g/mol. The Morgan fingerprint density at radius 2 is 1.90 bits per heavy atom. The van der Waals surface area contributed by atoms with E-state index in [9.17, 15) is 19.5 Å². The van der Waals surface area contributed by atoms with Gasteiger partial charge in [0.15, 0.2) is 5.78 Å². The number of rotatable bonds is 9. The van der Waals surface area contributed by atoms with Gasteiger partial charge in [0, 0.05) is 37.1 Å². The van der Waals surface area contributed by atoms with Crippen molar-refractivity contribution in [2.45, 2.75) is 25.7 Å². The van der Waals surface area contributed by atoms with Crippen LogP contribution in [0, 0.1) is 0 Å². The summed E-state index contributed by atoms with van der Waals surface area (Å²) >= 11 is 6.13. The van der Waals surface area contributed by atoms with Crippen molar-refractivity contribution in [3.63, 3.8) is 0 Å². The van der Waals surface area contributed by atoms with Crippen LogP contribution in [0.25, 0.3) is 11.0 Å². The summed E-state index contributed by atoms with van der Waals surface area (Å²) in [5.41, 5.74) is 2.61. The summed E-state index contributed by atoms with van der Waals surface area (Å²) in [5, 5.41) is 10.1. The molecule has 0 bridgehead atoms. The van der Waals surface area contributed by atoms with Gasteiger partial charge in [-0.2, -0.15) is 0 Å². The fourth-order valence-corrected chi connectivity index (χ4v) is 3.62. The molecule has 7 nitrogen and oxygen atoms in total. The number of aromatic nitrogens is 2. The Bertz CT molecular complexity index is 1120. The number of aryl methyl sites for hydroxylation is 1. The van der Waals surface area contributed by atoms with Crippen molar-refractivity contribution in [3.05, 3.63) is 69.1 Å². The van der Waals surface area contributed by atoms with Crippen molar-refractivity contribution in [1.82, 2.24) is 14.5 Å². The second kappa shape index (κ2) is 9.63. The minimum atomic E-state index is -0.979. The van der Waals surface area contributed by atoms with E-state index < -0.39 is 6.09 Å². The van der Waals surface area contributed by atoms with Crippen LogP contribution in [0.4, 0.5) is 4.79 Å². The number of nitrogens with one attached hydrogen (secondary N) is 1. The second-order valence-corrected chi connectivity index (χ2v) is 7.62. The number of imidazole rings is 1. The molecule has 2 aromatic carbocycles. The van der Waals surface area contributed by atoms with Crippen molar-refractivity contribution < 1.29 is 14.7 Å². The molecule has 0 aliphatic carbocycles. The zero-order valence-electron chi connectivity index (χ0n) is 16.7. The molecule has 0 atom stereocenters. The number of carboxylic acid groups (broad SMARTS) is 1. The molecule has 0 radical (unpaired) electrons. The Kier molecular flexibility index (Phi) is 6.95. The molecule has 8 heteroatoms. The van der Waals surface area contributed by atoms with Gasteiger partial charge in [-0.1, -0.05) is 29.8 Å². The number of hydrogen-bond acceptors (Lipinski definition) is 3. The van der Waals surface area contributed by atoms with Crippen LogP contribution in [0.3, 0.4) is 0 Å². The highest BCUT2D eigenvalue weighted by molar-refractivity contribution is 6.31. The van der Waals surface area contributed by atoms with Gasteiger partial charge in [0.2, 0.25) is 0 Å². The number of carbonyl (C=O) groups excluding carboxylic acids is 1. The lowest BCUT2D eigenvalue weighted by molar-refractivity contribution is 0.0978. The minimum absolute atomic E-state index is 0.0245. The molecule has 0 aliphatic heterocycles. The van der Waals surface area contributed by atoms with Gasteiger partial charge in [0.1, 0.15) is 0 Å². The topological polar surface area (TPSA) is 95.4 Å². The van der Waals surface area contributed by atoms with Gasteiger partial charge in [0.25, 0.3) is 0 Å². The molecule has 0 unspecified atom stereocenters. The Morgan fingerprint density at radius 1 is 1.13 bits per heavy atom. The monoisotopic (exact) mass is 429 g/mol. The average Bonchev–Trinajstić information content (AvgIpc) is 3.01. The summed E-state index contributed by atoms with van der Waals surface area (Å²) in [7, 11) is 1.65. The van der Waals surface area contributed by atoms with Gasteiger partial charge in [-0.15, -0.1) is 0 Å². The van der Waals surface area contributed by atoms with Gasteiger partial charge in [-0.05, 0) is 49.1 Å². The molecular formula is C22H24ClN3O4. The number of hydrogen-bond donors (Lipinski definition) is 2. The van der Waals surface area contributed by atoms with Gasteiger partial charge in [-0.3, -0.25) is 9.36 Å². The molecule has 158 valence electrons. The van der Waals surface area contributed by atoms with Gasteiger partial charge >= 0.3 is 11.8 Å². The number of Topliss-reactive ketones (excluding diaryl/α,β-unsaturated/α-hetero) is 1. The van der Waals surface area contributed by atoms with E-state index >= 15 is 0 Å². The maximum absolute atomic E-state index is 12.5. The Morgan fingerprint density at radius 3 is 2.63 bits per heavy atom. The van der Waals surface area contributed by atoms with Crippen LogP contribution in [-0.4, -0.2) is 44.5 Å². The third-order valence-corrected chi connectivity index (χ3v) is 5.56. The number of amides is 1. The predicted octanol–water partition coefficient (Wildman–Crippen LogP) is 4.10. The lowest BCUT2D eigenvalue weighted by Crippen LogP contribution is -2.32. The molecule has 0 fully saturated rings. The number of carbonyl (C=O) groups is 2. The summed E-state index contributed by atoms with van der Waals surface area (Å²) in [6.07, 6.45) is 1.05. The minimum Gasteiger partial charge on any atom is -0.465 e. The second-order valence-electron chi connectivity index (χ2n) is 7.21. The zero-order valence-corrected chi connectivity index (χ0v) is 17.5. The van der Waals surface area contributed by atoms with Crippen LogP contribution in [0.5, 0.6) is 0 Å². The van der Waals surface area contributed by atoms with E-state index in [0.717, 1.165) is 5.56 Å². The first kappa shape index (κ1) is 21.6. The lowest BCUT2D eigenvalue weighted by Gasteiger charge is -2.19. The molecule has 3 aromatic rings. The molecule has 0 saturated carbocycles. The summed E-state index contributed by atoms with van der Waals surface area (Å²) in [5.74, 6) is -0.0245. The molecule has 30 heavy (non-hydrogen) atoms. The molecule has 0 spiro atoms. The van der Waals surface area contributed by atoms with E-state index in [4.69, 9.17) is 11.6 Å². The molecule has 0 saturated heterocycles. The fourth-order valence-electron chi connectivity index (χ4n) is 3.39. The van der Waals surface area contributed by atoms with E-state index in [1.807, 2.05) is 18.2 Å². The summed E-state index contributed by atoms with van der Waals surface area (Å²) < 4.78 is 1.47. The van der Waals surface area contributed by atoms with E-state index in [0.29, 0.717) is 60.4 Å². The molecule has 1 heterocycles. The number of unbranched alkanes of at least 4 members (excludes halogenated alkanes) is 1. The van der Waals surface area contributed by atoms with Gasteiger partial charge in [-0.25, -0.2) is 9.59 Å².